The van der Waals surface area contributed by atoms with Gasteiger partial charge in [-0.3, -0.25) is 4.79 Å². The molecular weight excluding hydrogens is 387 g/mol. The standard InChI is InChI=1S/C22H25FN4OS/c1-2-3-6-15-9-10-16-19(24)20(29-21(16)25-15)22(28)27-13-11-26(12-14-27)18-8-5-4-7-17(18)23/h4-5,7-10H,2-3,6,11-14,24H2,1H3. The number of fused-ring (bicyclic) bond motifs is 1. The average molecular weight is 413 g/mol. The molecule has 4 rings (SSSR count). The number of benzene rings is 1. The second-order valence-electron chi connectivity index (χ2n) is 7.33. The van der Waals surface area contributed by atoms with Crippen LogP contribution >= 0.6 is 11.3 Å². The molecule has 0 radical (unpaired) electrons. The van der Waals surface area contributed by atoms with Gasteiger partial charge in [-0.15, -0.1) is 11.3 Å². The number of hydrogen-bond acceptors (Lipinski definition) is 5. The second-order valence-corrected chi connectivity index (χ2v) is 8.33. The van der Waals surface area contributed by atoms with E-state index in [9.17, 15) is 9.18 Å². The Bertz CT molecular complexity index is 1030. The van der Waals surface area contributed by atoms with Crippen molar-refractivity contribution < 1.29 is 9.18 Å². The maximum absolute atomic E-state index is 14.0. The van der Waals surface area contributed by atoms with Crippen LogP contribution in [-0.4, -0.2) is 42.0 Å². The van der Waals surface area contributed by atoms with E-state index in [1.165, 1.54) is 17.4 Å². The van der Waals surface area contributed by atoms with Crippen LogP contribution in [-0.2, 0) is 6.42 Å². The van der Waals surface area contributed by atoms with Gasteiger partial charge in [0.05, 0.1) is 11.4 Å². The molecule has 1 amide bonds. The van der Waals surface area contributed by atoms with E-state index in [0.717, 1.165) is 35.2 Å². The molecule has 1 aliphatic heterocycles. The van der Waals surface area contributed by atoms with Crippen LogP contribution in [0.5, 0.6) is 0 Å². The quantitative estimate of drug-likeness (QED) is 0.678. The van der Waals surface area contributed by atoms with Gasteiger partial charge in [0.2, 0.25) is 0 Å². The number of carbonyl (C=O) groups excluding carboxylic acids is 1. The van der Waals surface area contributed by atoms with E-state index in [1.807, 2.05) is 23.1 Å². The minimum atomic E-state index is -0.231. The van der Waals surface area contributed by atoms with Crippen molar-refractivity contribution in [1.29, 1.82) is 0 Å². The summed E-state index contributed by atoms with van der Waals surface area (Å²) in [5.74, 6) is -0.292. The molecule has 3 aromatic rings. The molecule has 5 nitrogen and oxygen atoms in total. The molecule has 7 heteroatoms. The Labute approximate surface area is 173 Å². The Balaban J connectivity index is 1.49. The molecule has 1 saturated heterocycles. The van der Waals surface area contributed by atoms with Crippen LogP contribution in [0.4, 0.5) is 15.8 Å². The topological polar surface area (TPSA) is 62.5 Å². The van der Waals surface area contributed by atoms with Gasteiger partial charge in [0.15, 0.2) is 0 Å². The number of hydrogen-bond donors (Lipinski definition) is 1. The number of thiophene rings is 1. The number of pyridine rings is 1. The largest absolute Gasteiger partial charge is 0.397 e. The zero-order valence-corrected chi connectivity index (χ0v) is 17.3. The number of aryl methyl sites for hydroxylation is 1. The molecule has 0 atom stereocenters. The third-order valence-corrected chi connectivity index (χ3v) is 6.50. The predicted molar refractivity (Wildman–Crippen MR) is 117 cm³/mol. The molecule has 1 aromatic carbocycles. The summed E-state index contributed by atoms with van der Waals surface area (Å²) in [7, 11) is 0. The Kier molecular flexibility index (Phi) is 5.67. The smallest absolute Gasteiger partial charge is 0.266 e. The number of amides is 1. The number of anilines is 2. The summed E-state index contributed by atoms with van der Waals surface area (Å²) in [5.41, 5.74) is 8.44. The molecule has 29 heavy (non-hydrogen) atoms. The lowest BCUT2D eigenvalue weighted by atomic mass is 10.1. The summed E-state index contributed by atoms with van der Waals surface area (Å²) in [6.45, 7) is 4.42. The summed E-state index contributed by atoms with van der Waals surface area (Å²) in [6, 6.07) is 10.7. The maximum Gasteiger partial charge on any atom is 0.266 e. The fraction of sp³-hybridized carbons (Fsp3) is 0.364. The molecule has 0 saturated carbocycles. The van der Waals surface area contributed by atoms with Gasteiger partial charge in [0.25, 0.3) is 5.91 Å². The van der Waals surface area contributed by atoms with E-state index in [-0.39, 0.29) is 11.7 Å². The summed E-state index contributed by atoms with van der Waals surface area (Å²) in [4.78, 5) is 23.0. The number of nitrogens with two attached hydrogens (primary N) is 1. The summed E-state index contributed by atoms with van der Waals surface area (Å²) < 4.78 is 14.0. The van der Waals surface area contributed by atoms with Crippen molar-refractivity contribution in [3.63, 3.8) is 0 Å². The van der Waals surface area contributed by atoms with E-state index in [4.69, 9.17) is 10.7 Å². The molecule has 0 aliphatic carbocycles. The van der Waals surface area contributed by atoms with Crippen LogP contribution in [0.25, 0.3) is 10.2 Å². The first-order valence-electron chi connectivity index (χ1n) is 10.0. The normalized spacial score (nSPS) is 14.6. The fourth-order valence-corrected chi connectivity index (χ4v) is 4.77. The van der Waals surface area contributed by atoms with Crippen molar-refractivity contribution in [3.8, 4) is 0 Å². The summed E-state index contributed by atoms with van der Waals surface area (Å²) in [6.07, 6.45) is 3.15. The molecule has 1 aliphatic rings. The second kappa shape index (κ2) is 8.37. The van der Waals surface area contributed by atoms with Crippen LogP contribution in [0.3, 0.4) is 0 Å². The highest BCUT2D eigenvalue weighted by atomic mass is 32.1. The SMILES string of the molecule is CCCCc1ccc2c(N)c(C(=O)N3CCN(c4ccccc4F)CC3)sc2n1. The Hall–Kier alpha value is -2.67. The summed E-state index contributed by atoms with van der Waals surface area (Å²) >= 11 is 1.37. The van der Waals surface area contributed by atoms with Crippen LogP contribution in [0, 0.1) is 5.82 Å². The van der Waals surface area contributed by atoms with Gasteiger partial charge < -0.3 is 15.5 Å². The highest BCUT2D eigenvalue weighted by molar-refractivity contribution is 7.21. The Morgan fingerprint density at radius 1 is 1.17 bits per heavy atom. The van der Waals surface area contributed by atoms with Crippen LogP contribution in [0.1, 0.15) is 35.1 Å². The number of nitrogens with zero attached hydrogens (tertiary/aromatic N) is 3. The van der Waals surface area contributed by atoms with Crippen molar-refractivity contribution in [3.05, 3.63) is 52.8 Å². The van der Waals surface area contributed by atoms with Gasteiger partial charge >= 0.3 is 0 Å². The van der Waals surface area contributed by atoms with E-state index < -0.39 is 0 Å². The fourth-order valence-electron chi connectivity index (χ4n) is 3.69. The molecule has 0 bridgehead atoms. The lowest BCUT2D eigenvalue weighted by molar-refractivity contribution is 0.0752. The minimum absolute atomic E-state index is 0.0613. The van der Waals surface area contributed by atoms with Crippen LogP contribution < -0.4 is 10.6 Å². The number of nitrogen functional groups attached to an aromatic ring is 1. The molecular formula is C22H25FN4OS. The molecule has 152 valence electrons. The van der Waals surface area contributed by atoms with Gasteiger partial charge in [-0.05, 0) is 37.1 Å². The van der Waals surface area contributed by atoms with E-state index in [2.05, 4.69) is 6.92 Å². The first kappa shape index (κ1) is 19.6. The summed E-state index contributed by atoms with van der Waals surface area (Å²) in [5, 5.41) is 0.851. The van der Waals surface area contributed by atoms with Gasteiger partial charge in [-0.2, -0.15) is 0 Å². The molecule has 2 N–H and O–H groups in total. The van der Waals surface area contributed by atoms with Gasteiger partial charge in [0, 0.05) is 37.3 Å². The number of piperazine rings is 1. The lowest BCUT2D eigenvalue weighted by Gasteiger charge is -2.36. The minimum Gasteiger partial charge on any atom is -0.397 e. The first-order chi connectivity index (χ1) is 14.1. The average Bonchev–Trinajstić information content (AvgIpc) is 3.08. The van der Waals surface area contributed by atoms with Crippen molar-refractivity contribution >= 4 is 38.8 Å². The number of carbonyl (C=O) groups is 1. The molecule has 0 unspecified atom stereocenters. The van der Waals surface area contributed by atoms with Crippen molar-refractivity contribution in [2.45, 2.75) is 26.2 Å². The Morgan fingerprint density at radius 2 is 1.93 bits per heavy atom. The first-order valence-corrected chi connectivity index (χ1v) is 10.9. The van der Waals surface area contributed by atoms with Crippen molar-refractivity contribution in [2.75, 3.05) is 36.8 Å². The Morgan fingerprint density at radius 3 is 2.66 bits per heavy atom. The lowest BCUT2D eigenvalue weighted by Crippen LogP contribution is -2.49. The van der Waals surface area contributed by atoms with Gasteiger partial charge in [-0.25, -0.2) is 9.37 Å². The van der Waals surface area contributed by atoms with Gasteiger partial charge in [0.1, 0.15) is 15.5 Å². The number of para-hydroxylation sites is 1. The van der Waals surface area contributed by atoms with Gasteiger partial charge in [-0.1, -0.05) is 25.5 Å². The highest BCUT2D eigenvalue weighted by Gasteiger charge is 2.27. The number of rotatable bonds is 5. The number of aromatic nitrogens is 1. The highest BCUT2D eigenvalue weighted by Crippen LogP contribution is 2.34. The molecule has 2 aromatic heterocycles. The predicted octanol–water partition coefficient (Wildman–Crippen LogP) is 4.32. The molecule has 0 spiro atoms. The maximum atomic E-state index is 14.0. The molecule has 3 heterocycles. The third-order valence-electron chi connectivity index (χ3n) is 5.39. The number of halogens is 1. The van der Waals surface area contributed by atoms with E-state index >= 15 is 0 Å². The zero-order valence-electron chi connectivity index (χ0n) is 16.5. The van der Waals surface area contributed by atoms with Crippen LogP contribution in [0.15, 0.2) is 36.4 Å². The monoisotopic (exact) mass is 412 g/mol. The third kappa shape index (κ3) is 3.92. The molecule has 1 fully saturated rings. The number of unbranched alkanes of at least 4 members (excludes halogenated alkanes) is 1. The van der Waals surface area contributed by atoms with Crippen LogP contribution in [0.2, 0.25) is 0 Å². The van der Waals surface area contributed by atoms with E-state index in [0.29, 0.717) is 42.4 Å². The van der Waals surface area contributed by atoms with Crippen molar-refractivity contribution in [2.24, 2.45) is 0 Å². The zero-order chi connectivity index (χ0) is 20.4. The van der Waals surface area contributed by atoms with E-state index in [1.54, 1.807) is 17.0 Å². The van der Waals surface area contributed by atoms with Crippen molar-refractivity contribution in [1.82, 2.24) is 9.88 Å².